The molecule has 70 valence electrons. The van der Waals surface area contributed by atoms with Crippen LogP contribution in [-0.4, -0.2) is 5.78 Å². The van der Waals surface area contributed by atoms with E-state index in [4.69, 9.17) is 6.42 Å². The highest BCUT2D eigenvalue weighted by Gasteiger charge is 2.41. The minimum Gasteiger partial charge on any atom is -0.298 e. The monoisotopic (exact) mass is 176 g/mol. The SMILES string of the molecule is C#CCC1(C)C=CCC(C)(C)C1=O. The molecule has 1 unspecified atom stereocenters. The predicted molar refractivity (Wildman–Crippen MR) is 54.1 cm³/mol. The molecule has 1 heteroatoms. The number of terminal acetylenes is 1. The van der Waals surface area contributed by atoms with Crippen LogP contribution in [0.25, 0.3) is 0 Å². The Morgan fingerprint density at radius 3 is 2.69 bits per heavy atom. The average Bonchev–Trinajstić information content (AvgIpc) is 2.01. The Balaban J connectivity index is 3.02. The van der Waals surface area contributed by atoms with Crippen molar-refractivity contribution in [2.45, 2.75) is 33.6 Å². The van der Waals surface area contributed by atoms with Crippen molar-refractivity contribution in [2.75, 3.05) is 0 Å². The molecular formula is C12H16O. The average molecular weight is 176 g/mol. The first kappa shape index (κ1) is 10.1. The van der Waals surface area contributed by atoms with Crippen molar-refractivity contribution in [1.29, 1.82) is 0 Å². The fourth-order valence-corrected chi connectivity index (χ4v) is 1.91. The summed E-state index contributed by atoms with van der Waals surface area (Å²) in [5.74, 6) is 2.84. The molecule has 0 radical (unpaired) electrons. The van der Waals surface area contributed by atoms with Crippen molar-refractivity contribution in [3.63, 3.8) is 0 Å². The van der Waals surface area contributed by atoms with Crippen molar-refractivity contribution >= 4 is 5.78 Å². The second-order valence-corrected chi connectivity index (χ2v) is 4.62. The van der Waals surface area contributed by atoms with Gasteiger partial charge in [0.1, 0.15) is 5.78 Å². The summed E-state index contributed by atoms with van der Waals surface area (Å²) in [6.45, 7) is 5.88. The number of ketones is 1. The van der Waals surface area contributed by atoms with Crippen LogP contribution in [0, 0.1) is 23.2 Å². The van der Waals surface area contributed by atoms with Crippen LogP contribution in [0.1, 0.15) is 33.6 Å². The van der Waals surface area contributed by atoms with Crippen molar-refractivity contribution in [2.24, 2.45) is 10.8 Å². The molecule has 0 saturated heterocycles. The minimum atomic E-state index is -0.434. The molecule has 0 saturated carbocycles. The molecule has 1 aliphatic rings. The van der Waals surface area contributed by atoms with Gasteiger partial charge in [0, 0.05) is 11.8 Å². The summed E-state index contributed by atoms with van der Waals surface area (Å²) in [7, 11) is 0. The Hall–Kier alpha value is -1.03. The van der Waals surface area contributed by atoms with E-state index in [1.807, 2.05) is 26.8 Å². The molecule has 1 rings (SSSR count). The van der Waals surface area contributed by atoms with E-state index in [0.717, 1.165) is 6.42 Å². The van der Waals surface area contributed by atoms with E-state index in [-0.39, 0.29) is 11.2 Å². The smallest absolute Gasteiger partial charge is 0.149 e. The summed E-state index contributed by atoms with van der Waals surface area (Å²) in [6, 6.07) is 0. The van der Waals surface area contributed by atoms with Gasteiger partial charge in [-0.25, -0.2) is 0 Å². The van der Waals surface area contributed by atoms with E-state index >= 15 is 0 Å². The lowest BCUT2D eigenvalue weighted by atomic mass is 9.66. The van der Waals surface area contributed by atoms with Crippen LogP contribution in [-0.2, 0) is 4.79 Å². The number of carbonyl (C=O) groups is 1. The first-order valence-electron chi connectivity index (χ1n) is 4.58. The predicted octanol–water partition coefficient (Wildman–Crippen LogP) is 2.57. The Bertz CT molecular complexity index is 291. The number of carbonyl (C=O) groups excluding carboxylic acids is 1. The van der Waals surface area contributed by atoms with E-state index in [9.17, 15) is 4.79 Å². The highest BCUT2D eigenvalue weighted by atomic mass is 16.1. The van der Waals surface area contributed by atoms with Gasteiger partial charge in [-0.05, 0) is 13.3 Å². The third-order valence-corrected chi connectivity index (χ3v) is 2.72. The maximum atomic E-state index is 12.0. The van der Waals surface area contributed by atoms with Crippen LogP contribution in [0.4, 0.5) is 0 Å². The minimum absolute atomic E-state index is 0.250. The molecule has 1 aliphatic carbocycles. The van der Waals surface area contributed by atoms with Crippen LogP contribution in [0.2, 0.25) is 0 Å². The van der Waals surface area contributed by atoms with Crippen molar-refractivity contribution in [3.8, 4) is 12.3 Å². The fraction of sp³-hybridized carbons (Fsp3) is 0.583. The summed E-state index contributed by atoms with van der Waals surface area (Å²) in [6.07, 6.45) is 10.6. The van der Waals surface area contributed by atoms with E-state index in [0.29, 0.717) is 6.42 Å². The molecular weight excluding hydrogens is 160 g/mol. The topological polar surface area (TPSA) is 17.1 Å². The molecule has 0 aliphatic heterocycles. The molecule has 0 amide bonds. The third-order valence-electron chi connectivity index (χ3n) is 2.72. The quantitative estimate of drug-likeness (QED) is 0.443. The first-order chi connectivity index (χ1) is 5.92. The maximum absolute atomic E-state index is 12.0. The lowest BCUT2D eigenvalue weighted by Crippen LogP contribution is -2.39. The first-order valence-corrected chi connectivity index (χ1v) is 4.58. The summed E-state index contributed by atoms with van der Waals surface area (Å²) in [5.41, 5.74) is -0.684. The van der Waals surface area contributed by atoms with Crippen LogP contribution in [0.3, 0.4) is 0 Å². The molecule has 1 nitrogen and oxygen atoms in total. The normalized spacial score (nSPS) is 31.4. The maximum Gasteiger partial charge on any atom is 0.149 e. The molecule has 0 fully saturated rings. The molecule has 0 bridgehead atoms. The van der Waals surface area contributed by atoms with Gasteiger partial charge in [0.15, 0.2) is 0 Å². The van der Waals surface area contributed by atoms with Crippen LogP contribution >= 0.6 is 0 Å². The molecule has 0 aromatic rings. The molecule has 0 aromatic heterocycles. The number of hydrogen-bond acceptors (Lipinski definition) is 1. The van der Waals surface area contributed by atoms with Crippen molar-refractivity contribution in [1.82, 2.24) is 0 Å². The fourth-order valence-electron chi connectivity index (χ4n) is 1.91. The standard InChI is InChI=1S/C12H16O/c1-5-7-12(4)9-6-8-11(2,3)10(12)13/h1,6,9H,7-8H2,2-4H3. The molecule has 0 heterocycles. The molecule has 0 spiro atoms. The summed E-state index contributed by atoms with van der Waals surface area (Å²) < 4.78 is 0. The van der Waals surface area contributed by atoms with Gasteiger partial charge >= 0.3 is 0 Å². The van der Waals surface area contributed by atoms with Gasteiger partial charge in [0.05, 0.1) is 5.41 Å². The Morgan fingerprint density at radius 1 is 1.54 bits per heavy atom. The zero-order valence-electron chi connectivity index (χ0n) is 8.55. The summed E-state index contributed by atoms with van der Waals surface area (Å²) >= 11 is 0. The lowest BCUT2D eigenvalue weighted by molar-refractivity contribution is -0.134. The van der Waals surface area contributed by atoms with Crippen LogP contribution < -0.4 is 0 Å². The number of allylic oxidation sites excluding steroid dienone is 2. The van der Waals surface area contributed by atoms with Crippen LogP contribution in [0.15, 0.2) is 12.2 Å². The van der Waals surface area contributed by atoms with Crippen LogP contribution in [0.5, 0.6) is 0 Å². The highest BCUT2D eigenvalue weighted by Crippen LogP contribution is 2.40. The van der Waals surface area contributed by atoms with Gasteiger partial charge in [-0.15, -0.1) is 12.3 Å². The van der Waals surface area contributed by atoms with E-state index < -0.39 is 5.41 Å². The molecule has 13 heavy (non-hydrogen) atoms. The summed E-state index contributed by atoms with van der Waals surface area (Å²) in [5, 5.41) is 0. The number of hydrogen-bond donors (Lipinski definition) is 0. The van der Waals surface area contributed by atoms with Crippen molar-refractivity contribution < 1.29 is 4.79 Å². The van der Waals surface area contributed by atoms with Gasteiger partial charge in [0.2, 0.25) is 0 Å². The van der Waals surface area contributed by atoms with E-state index in [1.54, 1.807) is 0 Å². The van der Waals surface area contributed by atoms with E-state index in [2.05, 4.69) is 12.0 Å². The number of Topliss-reactive ketones (excluding diaryl/α,β-unsaturated/α-hetero) is 1. The highest BCUT2D eigenvalue weighted by molar-refractivity contribution is 5.92. The van der Waals surface area contributed by atoms with E-state index in [1.165, 1.54) is 0 Å². The van der Waals surface area contributed by atoms with Gasteiger partial charge in [0.25, 0.3) is 0 Å². The molecule has 0 N–H and O–H groups in total. The lowest BCUT2D eigenvalue weighted by Gasteiger charge is -2.36. The zero-order chi connectivity index (χ0) is 10.1. The largest absolute Gasteiger partial charge is 0.298 e. The van der Waals surface area contributed by atoms with Gasteiger partial charge in [-0.3, -0.25) is 4.79 Å². The zero-order valence-corrected chi connectivity index (χ0v) is 8.55. The Labute approximate surface area is 80.2 Å². The van der Waals surface area contributed by atoms with Gasteiger partial charge in [-0.2, -0.15) is 0 Å². The number of rotatable bonds is 1. The summed E-state index contributed by atoms with van der Waals surface area (Å²) in [4.78, 5) is 12.0. The molecule has 0 aromatic carbocycles. The van der Waals surface area contributed by atoms with Crippen molar-refractivity contribution in [3.05, 3.63) is 12.2 Å². The third kappa shape index (κ3) is 1.67. The second-order valence-electron chi connectivity index (χ2n) is 4.62. The van der Waals surface area contributed by atoms with Gasteiger partial charge < -0.3 is 0 Å². The van der Waals surface area contributed by atoms with Gasteiger partial charge in [-0.1, -0.05) is 26.0 Å². The Morgan fingerprint density at radius 2 is 2.15 bits per heavy atom. The Kier molecular flexibility index (Phi) is 2.34. The molecule has 1 atom stereocenters. The second kappa shape index (κ2) is 3.03.